The van der Waals surface area contributed by atoms with Crippen molar-refractivity contribution in [2.75, 3.05) is 0 Å². The molecule has 0 heterocycles. The molecule has 1 N–H and O–H groups in total. The smallest absolute Gasteiger partial charge is 0.307 e. The molecule has 0 amide bonds. The molecule has 2 atom stereocenters. The van der Waals surface area contributed by atoms with Crippen LogP contribution in [0.3, 0.4) is 0 Å². The normalized spacial score (nSPS) is 27.8. The number of carbonyl (C=O) groups is 1. The van der Waals surface area contributed by atoms with E-state index in [2.05, 4.69) is 11.8 Å². The van der Waals surface area contributed by atoms with Crippen LogP contribution in [0.1, 0.15) is 51.9 Å². The van der Waals surface area contributed by atoms with Crippen molar-refractivity contribution in [3.05, 3.63) is 0 Å². The quantitative estimate of drug-likeness (QED) is 0.672. The van der Waals surface area contributed by atoms with Crippen molar-refractivity contribution >= 4 is 5.97 Å². The number of hydrogen-bond donors (Lipinski definition) is 1. The first kappa shape index (κ1) is 12.1. The van der Waals surface area contributed by atoms with E-state index in [9.17, 15) is 9.90 Å². The van der Waals surface area contributed by atoms with Gasteiger partial charge >= 0.3 is 5.97 Å². The molecule has 15 heavy (non-hydrogen) atoms. The summed E-state index contributed by atoms with van der Waals surface area (Å²) < 4.78 is 0. The van der Waals surface area contributed by atoms with Crippen molar-refractivity contribution in [1.82, 2.24) is 0 Å². The topological polar surface area (TPSA) is 37.3 Å². The summed E-state index contributed by atoms with van der Waals surface area (Å²) in [6.07, 6.45) is 7.58. The van der Waals surface area contributed by atoms with Gasteiger partial charge in [-0.25, -0.2) is 0 Å². The number of carboxylic acids is 1. The maximum absolute atomic E-state index is 11.1. The van der Waals surface area contributed by atoms with Crippen LogP contribution in [0.15, 0.2) is 0 Å². The zero-order valence-electron chi connectivity index (χ0n) is 9.46. The van der Waals surface area contributed by atoms with Crippen LogP contribution >= 0.6 is 0 Å². The van der Waals surface area contributed by atoms with Gasteiger partial charge in [0.2, 0.25) is 0 Å². The fourth-order valence-electron chi connectivity index (χ4n) is 2.31. The highest BCUT2D eigenvalue weighted by molar-refractivity contribution is 5.70. The van der Waals surface area contributed by atoms with Crippen LogP contribution in [-0.2, 0) is 4.79 Å². The Labute approximate surface area is 92.1 Å². The van der Waals surface area contributed by atoms with Crippen molar-refractivity contribution in [3.8, 4) is 11.8 Å². The van der Waals surface area contributed by atoms with Crippen LogP contribution < -0.4 is 0 Å². The van der Waals surface area contributed by atoms with Gasteiger partial charge in [0, 0.05) is 5.92 Å². The van der Waals surface area contributed by atoms with Crippen LogP contribution in [0.5, 0.6) is 0 Å². The summed E-state index contributed by atoms with van der Waals surface area (Å²) >= 11 is 0. The minimum absolute atomic E-state index is 0.0746. The molecule has 1 aliphatic carbocycles. The molecule has 1 fully saturated rings. The fraction of sp³-hybridized carbons (Fsp3) is 0.769. The number of rotatable bonds is 1. The summed E-state index contributed by atoms with van der Waals surface area (Å²) in [4.78, 5) is 11.1. The second-order valence-electron chi connectivity index (χ2n) is 4.29. The van der Waals surface area contributed by atoms with Gasteiger partial charge in [-0.15, -0.1) is 5.92 Å². The Morgan fingerprint density at radius 1 is 1.13 bits per heavy atom. The highest BCUT2D eigenvalue weighted by atomic mass is 16.4. The molecule has 2 unspecified atom stereocenters. The number of aliphatic carboxylic acids is 1. The first-order valence-corrected chi connectivity index (χ1v) is 5.90. The van der Waals surface area contributed by atoms with Crippen LogP contribution in [0.25, 0.3) is 0 Å². The summed E-state index contributed by atoms with van der Waals surface area (Å²) in [6.45, 7) is 1.80. The molecular formula is C13H20O2. The molecule has 1 aliphatic rings. The molecule has 0 bridgehead atoms. The maximum Gasteiger partial charge on any atom is 0.307 e. The van der Waals surface area contributed by atoms with E-state index in [1.165, 1.54) is 19.3 Å². The van der Waals surface area contributed by atoms with E-state index in [1.807, 2.05) is 0 Å². The van der Waals surface area contributed by atoms with Gasteiger partial charge in [0.1, 0.15) is 0 Å². The van der Waals surface area contributed by atoms with Crippen LogP contribution in [-0.4, -0.2) is 11.1 Å². The molecule has 1 saturated carbocycles. The zero-order chi connectivity index (χ0) is 11.1. The first-order chi connectivity index (χ1) is 7.25. The predicted molar refractivity (Wildman–Crippen MR) is 60.4 cm³/mol. The number of carboxylic acid groups (broad SMARTS) is 1. The summed E-state index contributed by atoms with van der Waals surface area (Å²) in [5, 5.41) is 9.18. The van der Waals surface area contributed by atoms with E-state index in [4.69, 9.17) is 0 Å². The third kappa shape index (κ3) is 3.95. The van der Waals surface area contributed by atoms with Gasteiger partial charge in [-0.1, -0.05) is 38.0 Å². The van der Waals surface area contributed by atoms with Gasteiger partial charge in [-0.3, -0.25) is 4.79 Å². The molecule has 84 valence electrons. The van der Waals surface area contributed by atoms with Gasteiger partial charge in [-0.2, -0.15) is 0 Å². The summed E-state index contributed by atoms with van der Waals surface area (Å²) in [5.41, 5.74) is 0. The van der Waals surface area contributed by atoms with E-state index in [-0.39, 0.29) is 11.8 Å². The minimum atomic E-state index is -0.662. The lowest BCUT2D eigenvalue weighted by Crippen LogP contribution is -2.22. The number of hydrogen-bond acceptors (Lipinski definition) is 1. The summed E-state index contributed by atoms with van der Waals surface area (Å²) in [7, 11) is 0. The van der Waals surface area contributed by atoms with E-state index < -0.39 is 5.97 Å². The second-order valence-corrected chi connectivity index (χ2v) is 4.29. The molecule has 0 aliphatic heterocycles. The lowest BCUT2D eigenvalue weighted by Gasteiger charge is -2.17. The first-order valence-electron chi connectivity index (χ1n) is 5.90. The average molecular weight is 208 g/mol. The highest BCUT2D eigenvalue weighted by Gasteiger charge is 2.26. The van der Waals surface area contributed by atoms with Crippen LogP contribution in [0.4, 0.5) is 0 Å². The Kier molecular flexibility index (Phi) is 5.25. The van der Waals surface area contributed by atoms with E-state index >= 15 is 0 Å². The second kappa shape index (κ2) is 6.50. The molecule has 0 saturated heterocycles. The Morgan fingerprint density at radius 3 is 2.33 bits per heavy atom. The molecule has 2 nitrogen and oxygen atoms in total. The van der Waals surface area contributed by atoms with Gasteiger partial charge in [-0.05, 0) is 19.8 Å². The lowest BCUT2D eigenvalue weighted by atomic mass is 9.86. The predicted octanol–water partition coefficient (Wildman–Crippen LogP) is 3.07. The van der Waals surface area contributed by atoms with E-state index in [0.717, 1.165) is 25.7 Å². The maximum atomic E-state index is 11.1. The highest BCUT2D eigenvalue weighted by Crippen LogP contribution is 2.27. The Bertz CT molecular complexity index is 259. The van der Waals surface area contributed by atoms with Crippen molar-refractivity contribution in [2.45, 2.75) is 51.9 Å². The van der Waals surface area contributed by atoms with Gasteiger partial charge in [0.25, 0.3) is 0 Å². The van der Waals surface area contributed by atoms with Crippen LogP contribution in [0.2, 0.25) is 0 Å². The van der Waals surface area contributed by atoms with Crippen molar-refractivity contribution in [3.63, 3.8) is 0 Å². The third-order valence-corrected chi connectivity index (χ3v) is 3.16. The van der Waals surface area contributed by atoms with Gasteiger partial charge in [0.05, 0.1) is 5.92 Å². The van der Waals surface area contributed by atoms with Gasteiger partial charge < -0.3 is 5.11 Å². The van der Waals surface area contributed by atoms with Crippen molar-refractivity contribution in [2.24, 2.45) is 11.8 Å². The Hall–Kier alpha value is -0.970. The molecule has 1 rings (SSSR count). The molecule has 0 aromatic carbocycles. The largest absolute Gasteiger partial charge is 0.481 e. The average Bonchev–Trinajstić information content (AvgIpc) is 2.30. The Morgan fingerprint density at radius 2 is 1.73 bits per heavy atom. The molecule has 0 spiro atoms. The monoisotopic (exact) mass is 208 g/mol. The molecular weight excluding hydrogens is 188 g/mol. The lowest BCUT2D eigenvalue weighted by molar-refractivity contribution is -0.143. The molecule has 2 heteroatoms. The SMILES string of the molecule is CC#CC1CCCCCCCC1C(=O)O. The Balaban J connectivity index is 2.70. The van der Waals surface area contributed by atoms with Crippen molar-refractivity contribution in [1.29, 1.82) is 0 Å². The molecule has 0 radical (unpaired) electrons. The zero-order valence-corrected chi connectivity index (χ0v) is 9.46. The van der Waals surface area contributed by atoms with Crippen molar-refractivity contribution < 1.29 is 9.90 Å². The summed E-state index contributed by atoms with van der Waals surface area (Å²) in [5.74, 6) is 5.13. The standard InChI is InChI=1S/C13H20O2/c1-2-8-11-9-6-4-3-5-7-10-12(11)13(14)15/h11-12H,3-7,9-10H2,1H3,(H,14,15). The van der Waals surface area contributed by atoms with E-state index in [0.29, 0.717) is 0 Å². The molecule has 0 aromatic heterocycles. The third-order valence-electron chi connectivity index (χ3n) is 3.16. The minimum Gasteiger partial charge on any atom is -0.481 e. The van der Waals surface area contributed by atoms with Gasteiger partial charge in [0.15, 0.2) is 0 Å². The van der Waals surface area contributed by atoms with E-state index in [1.54, 1.807) is 6.92 Å². The van der Waals surface area contributed by atoms with Crippen LogP contribution in [0, 0.1) is 23.7 Å². The molecule has 0 aromatic rings. The summed E-state index contributed by atoms with van der Waals surface area (Å²) in [6, 6.07) is 0. The fourth-order valence-corrected chi connectivity index (χ4v) is 2.31.